The third-order valence-corrected chi connectivity index (χ3v) is 6.44. The predicted octanol–water partition coefficient (Wildman–Crippen LogP) is 3.80. The monoisotopic (exact) mass is 400 g/mol. The van der Waals surface area contributed by atoms with Crippen LogP contribution in [0.1, 0.15) is 58.4 Å². The lowest BCUT2D eigenvalue weighted by molar-refractivity contribution is 0.129. The van der Waals surface area contributed by atoms with Gasteiger partial charge in [-0.25, -0.2) is 0 Å². The molecule has 2 fully saturated rings. The van der Waals surface area contributed by atoms with E-state index in [9.17, 15) is 0 Å². The first kappa shape index (κ1) is 22.1. The zero-order valence-electron chi connectivity index (χ0n) is 18.6. The number of guanidine groups is 1. The second-order valence-corrected chi connectivity index (χ2v) is 8.81. The van der Waals surface area contributed by atoms with Crippen LogP contribution in [0.4, 0.5) is 0 Å². The summed E-state index contributed by atoms with van der Waals surface area (Å²) in [6.45, 7) is 12.2. The highest BCUT2D eigenvalue weighted by molar-refractivity contribution is 5.80. The molecule has 1 aromatic rings. The van der Waals surface area contributed by atoms with Crippen molar-refractivity contribution in [3.8, 4) is 0 Å². The predicted molar refractivity (Wildman–Crippen MR) is 121 cm³/mol. The fraction of sp³-hybridized carbons (Fsp3) is 0.708. The lowest BCUT2D eigenvalue weighted by Gasteiger charge is -2.38. The van der Waals surface area contributed by atoms with E-state index in [1.807, 2.05) is 0 Å². The van der Waals surface area contributed by atoms with Crippen molar-refractivity contribution in [3.63, 3.8) is 0 Å². The normalized spacial score (nSPS) is 24.3. The van der Waals surface area contributed by atoms with Crippen LogP contribution in [0.3, 0.4) is 0 Å². The average Bonchev–Trinajstić information content (AvgIpc) is 3.50. The molecule has 2 atom stereocenters. The highest BCUT2D eigenvalue weighted by Crippen LogP contribution is 2.49. The zero-order chi connectivity index (χ0) is 20.5. The number of likely N-dealkylation sites (tertiary alicyclic amines) is 1. The maximum atomic E-state index is 5.57. The molecular weight excluding hydrogens is 360 g/mol. The molecule has 2 N–H and O–H groups in total. The minimum absolute atomic E-state index is 0.393. The summed E-state index contributed by atoms with van der Waals surface area (Å²) in [5.74, 6) is 0.990. The van der Waals surface area contributed by atoms with Crippen molar-refractivity contribution < 1.29 is 4.74 Å². The molecule has 0 radical (unpaired) electrons. The van der Waals surface area contributed by atoms with Gasteiger partial charge in [0, 0.05) is 51.5 Å². The first-order valence-corrected chi connectivity index (χ1v) is 11.5. The number of nitrogens with one attached hydrogen (secondary N) is 2. The summed E-state index contributed by atoms with van der Waals surface area (Å²) in [7, 11) is 0. The molecule has 1 aromatic carbocycles. The summed E-state index contributed by atoms with van der Waals surface area (Å²) < 4.78 is 5.57. The number of hydrogen-bond acceptors (Lipinski definition) is 3. The van der Waals surface area contributed by atoms with Crippen LogP contribution in [-0.4, -0.2) is 55.8 Å². The second-order valence-electron chi connectivity index (χ2n) is 8.81. The number of hydrogen-bond donors (Lipinski definition) is 2. The summed E-state index contributed by atoms with van der Waals surface area (Å²) in [6, 6.07) is 11.9. The van der Waals surface area contributed by atoms with E-state index in [0.717, 1.165) is 64.6 Å². The van der Waals surface area contributed by atoms with Crippen molar-refractivity contribution >= 4 is 5.96 Å². The lowest BCUT2D eigenvalue weighted by Crippen LogP contribution is -2.51. The van der Waals surface area contributed by atoms with Crippen LogP contribution >= 0.6 is 0 Å². The van der Waals surface area contributed by atoms with Gasteiger partial charge in [0.15, 0.2) is 5.96 Å². The van der Waals surface area contributed by atoms with Gasteiger partial charge in [0.05, 0.1) is 0 Å². The Kier molecular flexibility index (Phi) is 8.37. The van der Waals surface area contributed by atoms with Crippen LogP contribution in [0.15, 0.2) is 35.3 Å². The molecule has 1 saturated carbocycles. The first-order valence-electron chi connectivity index (χ1n) is 11.5. The Morgan fingerprint density at radius 1 is 1.24 bits per heavy atom. The number of piperidine rings is 1. The van der Waals surface area contributed by atoms with Gasteiger partial charge in [-0.3, -0.25) is 9.89 Å². The Labute approximate surface area is 177 Å². The van der Waals surface area contributed by atoms with Crippen LogP contribution in [0, 0.1) is 5.41 Å². The number of aliphatic imine (C=N–C) groups is 1. The average molecular weight is 401 g/mol. The number of benzene rings is 1. The maximum absolute atomic E-state index is 5.57. The van der Waals surface area contributed by atoms with E-state index in [2.05, 4.69) is 66.6 Å². The molecule has 0 spiro atoms. The van der Waals surface area contributed by atoms with Crippen LogP contribution in [0.25, 0.3) is 0 Å². The molecule has 0 bridgehead atoms. The summed E-state index contributed by atoms with van der Waals surface area (Å²) in [4.78, 5) is 7.56. The standard InChI is InChI=1S/C24H40N4O/c1-4-25-23(26-19-24(12-13-24)14-16-29-5-2)27-22-11-15-28(20(3)17-22)18-21-9-7-6-8-10-21/h6-10,20,22H,4-5,11-19H2,1-3H3,(H2,25,26,27). The van der Waals surface area contributed by atoms with E-state index < -0.39 is 0 Å². The largest absolute Gasteiger partial charge is 0.382 e. The Hall–Kier alpha value is -1.59. The SMILES string of the molecule is CCNC(=NCC1(CCOCC)CC1)NC1CCN(Cc2ccccc2)C(C)C1. The molecule has 0 aromatic heterocycles. The van der Waals surface area contributed by atoms with Crippen molar-refractivity contribution in [2.75, 3.05) is 32.8 Å². The highest BCUT2D eigenvalue weighted by atomic mass is 16.5. The minimum atomic E-state index is 0.393. The molecule has 1 aliphatic heterocycles. The van der Waals surface area contributed by atoms with Crippen LogP contribution < -0.4 is 10.6 Å². The van der Waals surface area contributed by atoms with E-state index in [-0.39, 0.29) is 0 Å². The number of rotatable bonds is 10. The van der Waals surface area contributed by atoms with Gasteiger partial charge in [-0.05, 0) is 63.9 Å². The van der Waals surface area contributed by atoms with E-state index in [1.165, 1.54) is 18.4 Å². The van der Waals surface area contributed by atoms with Gasteiger partial charge in [0.25, 0.3) is 0 Å². The minimum Gasteiger partial charge on any atom is -0.382 e. The lowest BCUT2D eigenvalue weighted by atomic mass is 9.97. The fourth-order valence-electron chi connectivity index (χ4n) is 4.26. The van der Waals surface area contributed by atoms with Gasteiger partial charge >= 0.3 is 0 Å². The van der Waals surface area contributed by atoms with Gasteiger partial charge in [-0.15, -0.1) is 0 Å². The first-order chi connectivity index (χ1) is 14.1. The van der Waals surface area contributed by atoms with Gasteiger partial charge in [0.1, 0.15) is 0 Å². The molecule has 3 rings (SSSR count). The molecule has 1 heterocycles. The molecular formula is C24H40N4O. The smallest absolute Gasteiger partial charge is 0.191 e. The summed E-state index contributed by atoms with van der Waals surface area (Å²) in [5, 5.41) is 7.18. The van der Waals surface area contributed by atoms with Crippen molar-refractivity contribution in [2.24, 2.45) is 10.4 Å². The third kappa shape index (κ3) is 7.00. The Morgan fingerprint density at radius 3 is 2.69 bits per heavy atom. The molecule has 1 saturated heterocycles. The molecule has 0 amide bonds. The Bertz CT molecular complexity index is 629. The molecule has 29 heavy (non-hydrogen) atoms. The van der Waals surface area contributed by atoms with Gasteiger partial charge < -0.3 is 15.4 Å². The van der Waals surface area contributed by atoms with Crippen molar-refractivity contribution in [3.05, 3.63) is 35.9 Å². The van der Waals surface area contributed by atoms with E-state index in [0.29, 0.717) is 17.5 Å². The van der Waals surface area contributed by atoms with Gasteiger partial charge in [-0.1, -0.05) is 30.3 Å². The van der Waals surface area contributed by atoms with Crippen molar-refractivity contribution in [1.82, 2.24) is 15.5 Å². The highest BCUT2D eigenvalue weighted by Gasteiger charge is 2.42. The molecule has 2 aliphatic rings. The molecule has 5 nitrogen and oxygen atoms in total. The zero-order valence-corrected chi connectivity index (χ0v) is 18.6. The molecule has 1 aliphatic carbocycles. The van der Waals surface area contributed by atoms with E-state index in [4.69, 9.17) is 9.73 Å². The molecule has 2 unspecified atom stereocenters. The van der Waals surface area contributed by atoms with Crippen LogP contribution in [0.2, 0.25) is 0 Å². The quantitative estimate of drug-likeness (QED) is 0.356. The Morgan fingerprint density at radius 2 is 2.03 bits per heavy atom. The van der Waals surface area contributed by atoms with Crippen molar-refractivity contribution in [2.45, 2.75) is 71.5 Å². The second kappa shape index (κ2) is 11.0. The van der Waals surface area contributed by atoms with E-state index >= 15 is 0 Å². The van der Waals surface area contributed by atoms with E-state index in [1.54, 1.807) is 0 Å². The fourth-order valence-corrected chi connectivity index (χ4v) is 4.26. The summed E-state index contributed by atoms with van der Waals surface area (Å²) in [5.41, 5.74) is 1.80. The van der Waals surface area contributed by atoms with Crippen LogP contribution in [-0.2, 0) is 11.3 Å². The summed E-state index contributed by atoms with van der Waals surface area (Å²) >= 11 is 0. The van der Waals surface area contributed by atoms with Crippen molar-refractivity contribution in [1.29, 1.82) is 0 Å². The molecule has 162 valence electrons. The number of nitrogens with zero attached hydrogens (tertiary/aromatic N) is 2. The number of ether oxygens (including phenoxy) is 1. The van der Waals surface area contributed by atoms with Gasteiger partial charge in [-0.2, -0.15) is 0 Å². The van der Waals surface area contributed by atoms with Gasteiger partial charge in [0.2, 0.25) is 0 Å². The summed E-state index contributed by atoms with van der Waals surface area (Å²) in [6.07, 6.45) is 6.04. The maximum Gasteiger partial charge on any atom is 0.191 e. The Balaban J connectivity index is 1.48. The topological polar surface area (TPSA) is 48.9 Å². The third-order valence-electron chi connectivity index (χ3n) is 6.44. The molecule has 5 heteroatoms. The van der Waals surface area contributed by atoms with Crippen LogP contribution in [0.5, 0.6) is 0 Å².